The number of fused-ring (bicyclic) bond motifs is 1. The fourth-order valence-electron chi connectivity index (χ4n) is 5.42. The maximum Gasteiger partial charge on any atom is 0.205 e. The Morgan fingerprint density at radius 3 is 2.59 bits per heavy atom. The highest BCUT2D eigenvalue weighted by Crippen LogP contribution is 2.42. The van der Waals surface area contributed by atoms with Crippen molar-refractivity contribution in [3.8, 4) is 17.0 Å². The number of nitroso groups, excluding NO2 is 1. The van der Waals surface area contributed by atoms with E-state index >= 15 is 0 Å². The van der Waals surface area contributed by atoms with Gasteiger partial charge in [-0.05, 0) is 25.5 Å². The van der Waals surface area contributed by atoms with Crippen LogP contribution in [0.2, 0.25) is 0 Å². The molecule has 0 bridgehead atoms. The first kappa shape index (κ1) is 27.3. The maximum absolute atomic E-state index is 10.9. The molecule has 206 valence electrons. The summed E-state index contributed by atoms with van der Waals surface area (Å²) in [6.07, 6.45) is 7.42. The second kappa shape index (κ2) is 11.9. The van der Waals surface area contributed by atoms with Gasteiger partial charge in [0.2, 0.25) is 5.13 Å². The van der Waals surface area contributed by atoms with Gasteiger partial charge in [0.25, 0.3) is 0 Å². The average Bonchev–Trinajstić information content (AvgIpc) is 3.67. The number of likely N-dealkylation sites (tertiary alicyclic amines) is 1. The lowest BCUT2D eigenvalue weighted by atomic mass is 9.87. The van der Waals surface area contributed by atoms with Crippen LogP contribution in [0.25, 0.3) is 11.3 Å². The number of carbonyl (C=O) groups is 1. The number of piperidine rings is 1. The molecule has 0 saturated carbocycles. The number of rotatable bonds is 6. The summed E-state index contributed by atoms with van der Waals surface area (Å²) < 4.78 is 11.0. The van der Waals surface area contributed by atoms with Crippen LogP contribution in [0, 0.1) is 10.8 Å². The zero-order valence-corrected chi connectivity index (χ0v) is 23.7. The highest BCUT2D eigenvalue weighted by Gasteiger charge is 2.42. The Balaban J connectivity index is 0.000000332. The standard InChI is InChI=1S/C24H26N4O2S.C5H10N2O/c1-16(2)11-22-26-23(31-27-22)28-9-7-24(8-10-28)13-19-12-20(25-14-21(19)30-24)18-5-3-17(15-29)4-6-18;1-7-3-2-5(4-7)6-8/h3-6,12,14-16H,7-11,13H2,1-2H3;5H,2-4H2,1H3. The summed E-state index contributed by atoms with van der Waals surface area (Å²) in [5.74, 6) is 2.43. The van der Waals surface area contributed by atoms with Crippen LogP contribution in [0.5, 0.6) is 5.75 Å². The Hall–Kier alpha value is -3.24. The fraction of sp³-hybridized carbons (Fsp3) is 0.517. The lowest BCUT2D eigenvalue weighted by Gasteiger charge is -2.38. The van der Waals surface area contributed by atoms with Gasteiger partial charge in [-0.2, -0.15) is 9.28 Å². The summed E-state index contributed by atoms with van der Waals surface area (Å²) in [5, 5.41) is 3.98. The summed E-state index contributed by atoms with van der Waals surface area (Å²) in [7, 11) is 2.01. The molecule has 0 aliphatic carbocycles. The first-order chi connectivity index (χ1) is 18.9. The Kier molecular flexibility index (Phi) is 8.32. The molecule has 3 aromatic rings. The van der Waals surface area contributed by atoms with Crippen LogP contribution in [0.3, 0.4) is 0 Å². The molecule has 1 aromatic carbocycles. The van der Waals surface area contributed by atoms with Crippen molar-refractivity contribution in [3.63, 3.8) is 0 Å². The second-order valence-electron chi connectivity index (χ2n) is 11.3. The van der Waals surface area contributed by atoms with E-state index in [0.29, 0.717) is 11.5 Å². The number of aromatic nitrogens is 3. The van der Waals surface area contributed by atoms with Crippen molar-refractivity contribution in [2.75, 3.05) is 38.1 Å². The molecule has 6 rings (SSSR count). The molecule has 2 aromatic heterocycles. The molecule has 10 heteroatoms. The van der Waals surface area contributed by atoms with E-state index in [0.717, 1.165) is 92.5 Å². The molecule has 3 aliphatic rings. The summed E-state index contributed by atoms with van der Waals surface area (Å²) in [4.78, 5) is 34.6. The molecular weight excluding hydrogens is 512 g/mol. The monoisotopic (exact) mass is 548 g/mol. The first-order valence-corrected chi connectivity index (χ1v) is 14.5. The summed E-state index contributed by atoms with van der Waals surface area (Å²) >= 11 is 1.51. The van der Waals surface area contributed by atoms with Gasteiger partial charge in [-0.15, -0.1) is 0 Å². The number of hydrogen-bond acceptors (Lipinski definition) is 10. The van der Waals surface area contributed by atoms with Crippen molar-refractivity contribution in [2.24, 2.45) is 11.1 Å². The van der Waals surface area contributed by atoms with E-state index in [4.69, 9.17) is 9.72 Å². The largest absolute Gasteiger partial charge is 0.485 e. The topological polar surface area (TPSA) is 101 Å². The van der Waals surface area contributed by atoms with Gasteiger partial charge in [-0.25, -0.2) is 4.98 Å². The molecule has 1 spiro atoms. The predicted molar refractivity (Wildman–Crippen MR) is 154 cm³/mol. The predicted octanol–water partition coefficient (Wildman–Crippen LogP) is 5.04. The third kappa shape index (κ3) is 6.50. The van der Waals surface area contributed by atoms with Crippen LogP contribution >= 0.6 is 11.5 Å². The number of nitrogens with zero attached hydrogens (tertiary/aromatic N) is 6. The van der Waals surface area contributed by atoms with Crippen LogP contribution in [0.1, 0.15) is 54.9 Å². The molecule has 0 amide bonds. The van der Waals surface area contributed by atoms with E-state index in [1.807, 2.05) is 37.5 Å². The van der Waals surface area contributed by atoms with Crippen molar-refractivity contribution in [3.05, 3.63) is 58.4 Å². The van der Waals surface area contributed by atoms with Crippen LogP contribution < -0.4 is 9.64 Å². The van der Waals surface area contributed by atoms with Crippen LogP contribution in [-0.2, 0) is 12.8 Å². The Morgan fingerprint density at radius 2 is 1.97 bits per heavy atom. The number of benzene rings is 1. The summed E-state index contributed by atoms with van der Waals surface area (Å²) in [6, 6.07) is 9.74. The van der Waals surface area contributed by atoms with E-state index in [1.54, 1.807) is 0 Å². The molecule has 0 radical (unpaired) electrons. The van der Waals surface area contributed by atoms with E-state index < -0.39 is 0 Å². The van der Waals surface area contributed by atoms with E-state index in [-0.39, 0.29) is 11.6 Å². The van der Waals surface area contributed by atoms with Gasteiger partial charge in [-0.3, -0.25) is 9.78 Å². The van der Waals surface area contributed by atoms with Gasteiger partial charge < -0.3 is 14.5 Å². The summed E-state index contributed by atoms with van der Waals surface area (Å²) in [5.41, 5.74) is 3.67. The number of anilines is 1. The van der Waals surface area contributed by atoms with Crippen molar-refractivity contribution in [1.29, 1.82) is 0 Å². The molecule has 3 aliphatic heterocycles. The van der Waals surface area contributed by atoms with Crippen LogP contribution in [-0.4, -0.2) is 70.4 Å². The van der Waals surface area contributed by atoms with Gasteiger partial charge in [0.05, 0.1) is 11.9 Å². The van der Waals surface area contributed by atoms with Gasteiger partial charge in [0.15, 0.2) is 0 Å². The Bertz CT molecular complexity index is 1290. The van der Waals surface area contributed by atoms with E-state index in [1.165, 1.54) is 17.1 Å². The van der Waals surface area contributed by atoms with Gasteiger partial charge in [0, 0.05) is 80.1 Å². The lowest BCUT2D eigenvalue weighted by molar-refractivity contribution is 0.0665. The molecule has 0 N–H and O–H groups in total. The number of hydrogen-bond donors (Lipinski definition) is 0. The SMILES string of the molecule is CC(C)Cc1nsc(N2CCC3(CC2)Cc2cc(-c4ccc(C=O)cc4)ncc2O3)n1.CN1CCC(N=O)C1. The maximum atomic E-state index is 10.9. The fourth-order valence-corrected chi connectivity index (χ4v) is 6.17. The minimum absolute atomic E-state index is 0.0694. The normalized spacial score (nSPS) is 19.9. The quantitative estimate of drug-likeness (QED) is 0.312. The average molecular weight is 549 g/mol. The second-order valence-corrected chi connectivity index (χ2v) is 12.0. The zero-order chi connectivity index (χ0) is 27.4. The Morgan fingerprint density at radius 1 is 1.21 bits per heavy atom. The minimum Gasteiger partial charge on any atom is -0.485 e. The molecular formula is C29H36N6O3S. The molecule has 1 unspecified atom stereocenters. The zero-order valence-electron chi connectivity index (χ0n) is 22.9. The van der Waals surface area contributed by atoms with E-state index in [2.05, 4.69) is 44.2 Å². The van der Waals surface area contributed by atoms with Crippen LogP contribution in [0.4, 0.5) is 5.13 Å². The number of ether oxygens (including phenoxy) is 1. The first-order valence-electron chi connectivity index (χ1n) is 13.7. The van der Waals surface area contributed by atoms with Gasteiger partial charge in [-0.1, -0.05) is 43.3 Å². The van der Waals surface area contributed by atoms with Crippen molar-refractivity contribution >= 4 is 23.0 Å². The van der Waals surface area contributed by atoms with Crippen molar-refractivity contribution in [2.45, 2.75) is 57.6 Å². The number of pyridine rings is 1. The molecule has 5 heterocycles. The third-order valence-electron chi connectivity index (χ3n) is 7.64. The van der Waals surface area contributed by atoms with E-state index in [9.17, 15) is 9.70 Å². The highest BCUT2D eigenvalue weighted by molar-refractivity contribution is 7.09. The molecule has 2 fully saturated rings. The Labute approximate surface area is 233 Å². The molecule has 1 atom stereocenters. The number of likely N-dealkylation sites (N-methyl/N-ethyl adjacent to an activating group) is 1. The molecule has 9 nitrogen and oxygen atoms in total. The van der Waals surface area contributed by atoms with Crippen molar-refractivity contribution in [1.82, 2.24) is 19.2 Å². The van der Waals surface area contributed by atoms with Crippen LogP contribution in [0.15, 0.2) is 41.7 Å². The number of aldehydes is 1. The van der Waals surface area contributed by atoms with Crippen molar-refractivity contribution < 1.29 is 9.53 Å². The number of carbonyl (C=O) groups excluding carboxylic acids is 1. The smallest absolute Gasteiger partial charge is 0.205 e. The van der Waals surface area contributed by atoms with Gasteiger partial charge in [0.1, 0.15) is 29.5 Å². The third-order valence-corrected chi connectivity index (χ3v) is 8.45. The van der Waals surface area contributed by atoms with Gasteiger partial charge >= 0.3 is 0 Å². The molecule has 39 heavy (non-hydrogen) atoms. The lowest BCUT2D eigenvalue weighted by Crippen LogP contribution is -2.47. The molecule has 2 saturated heterocycles. The summed E-state index contributed by atoms with van der Waals surface area (Å²) in [6.45, 7) is 8.12. The highest BCUT2D eigenvalue weighted by atomic mass is 32.1. The minimum atomic E-state index is -0.147.